The molecule has 1 aliphatic carbocycles. The van der Waals surface area contributed by atoms with Crippen LogP contribution in [0.2, 0.25) is 5.02 Å². The molecule has 0 radical (unpaired) electrons. The fourth-order valence-corrected chi connectivity index (χ4v) is 3.67. The number of pyridine rings is 2. The number of fused-ring (bicyclic) bond motifs is 1. The van der Waals surface area contributed by atoms with Gasteiger partial charge in [-0.25, -0.2) is 4.98 Å². The topological polar surface area (TPSA) is 80.0 Å². The van der Waals surface area contributed by atoms with Gasteiger partial charge in [-0.15, -0.1) is 0 Å². The predicted octanol–water partition coefficient (Wildman–Crippen LogP) is 5.43. The highest BCUT2D eigenvalue weighted by molar-refractivity contribution is 6.30. The van der Waals surface area contributed by atoms with E-state index in [9.17, 15) is 4.79 Å². The van der Waals surface area contributed by atoms with Crippen molar-refractivity contribution in [2.24, 2.45) is 0 Å². The molecule has 0 amide bonds. The first kappa shape index (κ1) is 22.6. The van der Waals surface area contributed by atoms with Crippen LogP contribution in [0.3, 0.4) is 0 Å². The Labute approximate surface area is 197 Å². The van der Waals surface area contributed by atoms with Gasteiger partial charge in [0.2, 0.25) is 5.88 Å². The monoisotopic (exact) mass is 460 g/mol. The highest BCUT2D eigenvalue weighted by atomic mass is 35.5. The van der Waals surface area contributed by atoms with E-state index >= 15 is 0 Å². The third kappa shape index (κ3) is 4.76. The molecule has 1 aromatic carbocycles. The van der Waals surface area contributed by atoms with Gasteiger partial charge in [0.1, 0.15) is 0 Å². The van der Waals surface area contributed by atoms with Crippen LogP contribution in [0.5, 0.6) is 5.88 Å². The van der Waals surface area contributed by atoms with Gasteiger partial charge in [0, 0.05) is 46.2 Å². The van der Waals surface area contributed by atoms with Crippen LogP contribution in [0.25, 0.3) is 27.7 Å². The van der Waals surface area contributed by atoms with E-state index in [1.54, 1.807) is 47.3 Å². The molecule has 2 aromatic heterocycles. The fourth-order valence-electron chi connectivity index (χ4n) is 3.55. The minimum Gasteiger partial charge on any atom is -0.478 e. The van der Waals surface area contributed by atoms with Gasteiger partial charge in [0.15, 0.2) is 0 Å². The number of rotatable bonds is 6. The number of allylic oxidation sites excluding steroid dienone is 5. The van der Waals surface area contributed by atoms with Gasteiger partial charge in [0.05, 0.1) is 23.4 Å². The van der Waals surface area contributed by atoms with Crippen molar-refractivity contribution in [1.82, 2.24) is 14.9 Å². The Morgan fingerprint density at radius 3 is 2.64 bits per heavy atom. The van der Waals surface area contributed by atoms with Gasteiger partial charge in [-0.05, 0) is 62.8 Å². The molecule has 0 atom stereocenters. The number of hydrogen-bond donors (Lipinski definition) is 2. The number of aromatic nitrogens is 2. The highest BCUT2D eigenvalue weighted by Gasteiger charge is 2.18. The number of ether oxygens (including phenoxy) is 1. The van der Waals surface area contributed by atoms with E-state index in [2.05, 4.69) is 10.3 Å². The molecule has 0 spiro atoms. The first-order valence-electron chi connectivity index (χ1n) is 10.8. The first-order valence-corrected chi connectivity index (χ1v) is 11.2. The summed E-state index contributed by atoms with van der Waals surface area (Å²) < 4.78 is 7.18. The molecule has 1 aliphatic rings. The molecule has 2 N–H and O–H groups in total. The summed E-state index contributed by atoms with van der Waals surface area (Å²) in [6, 6.07) is 11.1. The lowest BCUT2D eigenvalue weighted by molar-refractivity contribution is 0.328. The van der Waals surface area contributed by atoms with E-state index in [0.717, 1.165) is 10.9 Å². The summed E-state index contributed by atoms with van der Waals surface area (Å²) in [5.41, 5.74) is 3.27. The predicted molar refractivity (Wildman–Crippen MR) is 135 cm³/mol. The summed E-state index contributed by atoms with van der Waals surface area (Å²) >= 11 is 6.09. The largest absolute Gasteiger partial charge is 0.478 e. The third-order valence-electron chi connectivity index (χ3n) is 5.15. The smallest absolute Gasteiger partial charge is 0.265 e. The highest BCUT2D eigenvalue weighted by Crippen LogP contribution is 2.28. The molecule has 2 heterocycles. The summed E-state index contributed by atoms with van der Waals surface area (Å²) in [5, 5.41) is 12.8. The van der Waals surface area contributed by atoms with Crippen LogP contribution >= 0.6 is 11.6 Å². The molecule has 0 saturated heterocycles. The zero-order chi connectivity index (χ0) is 23.5. The van der Waals surface area contributed by atoms with Crippen LogP contribution < -0.4 is 15.6 Å². The van der Waals surface area contributed by atoms with Gasteiger partial charge in [-0.1, -0.05) is 23.7 Å². The van der Waals surface area contributed by atoms with Crippen molar-refractivity contribution in [3.63, 3.8) is 0 Å². The second-order valence-electron chi connectivity index (χ2n) is 7.94. The Morgan fingerprint density at radius 2 is 1.94 bits per heavy atom. The van der Waals surface area contributed by atoms with E-state index in [1.807, 2.05) is 45.0 Å². The lowest BCUT2D eigenvalue weighted by Crippen LogP contribution is -2.23. The second kappa shape index (κ2) is 9.46. The van der Waals surface area contributed by atoms with Crippen LogP contribution in [-0.2, 0) is 0 Å². The molecule has 4 rings (SSSR count). The van der Waals surface area contributed by atoms with E-state index < -0.39 is 0 Å². The van der Waals surface area contributed by atoms with Gasteiger partial charge in [0.25, 0.3) is 5.56 Å². The van der Waals surface area contributed by atoms with E-state index in [-0.39, 0.29) is 11.6 Å². The van der Waals surface area contributed by atoms with Crippen LogP contribution in [0.4, 0.5) is 0 Å². The zero-order valence-corrected chi connectivity index (χ0v) is 19.5. The molecule has 0 unspecified atom stereocenters. The molecule has 3 aromatic rings. The standard InChI is InChI=1S/C26H25ClN4O2/c1-4-33-23-12-7-18-15-31(21-10-11-22(28)19(13-21)14-29-16(2)3)26(32)24(25(18)30-23)17-5-8-20(27)9-6-17/h5-16,28-29H,4H2,1-3H3/b19-14-,28-22?. The Morgan fingerprint density at radius 1 is 1.18 bits per heavy atom. The maximum absolute atomic E-state index is 13.8. The zero-order valence-electron chi connectivity index (χ0n) is 18.7. The van der Waals surface area contributed by atoms with Crippen LogP contribution in [0.15, 0.2) is 77.4 Å². The second-order valence-corrected chi connectivity index (χ2v) is 8.38. The van der Waals surface area contributed by atoms with E-state index in [0.29, 0.717) is 45.6 Å². The minimum atomic E-state index is -0.216. The number of hydrogen-bond acceptors (Lipinski definition) is 5. The van der Waals surface area contributed by atoms with Crippen molar-refractivity contribution >= 4 is 33.9 Å². The Balaban J connectivity index is 1.95. The molecular weight excluding hydrogens is 436 g/mol. The lowest BCUT2D eigenvalue weighted by atomic mass is 10.0. The minimum absolute atomic E-state index is 0.216. The van der Waals surface area contributed by atoms with E-state index in [1.165, 1.54) is 0 Å². The normalized spacial score (nSPS) is 14.8. The van der Waals surface area contributed by atoms with Crippen molar-refractivity contribution in [1.29, 1.82) is 5.41 Å². The summed E-state index contributed by atoms with van der Waals surface area (Å²) in [6.45, 7) is 6.43. The van der Waals surface area contributed by atoms with Crippen molar-refractivity contribution in [2.45, 2.75) is 26.8 Å². The van der Waals surface area contributed by atoms with Gasteiger partial charge in [-0.3, -0.25) is 9.36 Å². The summed E-state index contributed by atoms with van der Waals surface area (Å²) in [6.07, 6.45) is 8.88. The molecule has 7 heteroatoms. The van der Waals surface area contributed by atoms with Crippen molar-refractivity contribution < 1.29 is 4.74 Å². The third-order valence-corrected chi connectivity index (χ3v) is 5.40. The average Bonchev–Trinajstić information content (AvgIpc) is 2.79. The van der Waals surface area contributed by atoms with Gasteiger partial charge >= 0.3 is 0 Å². The van der Waals surface area contributed by atoms with Crippen molar-refractivity contribution in [2.75, 3.05) is 6.61 Å². The molecule has 33 heavy (non-hydrogen) atoms. The molecule has 0 bridgehead atoms. The Kier molecular flexibility index (Phi) is 6.47. The fraction of sp³-hybridized carbons (Fsp3) is 0.192. The first-order chi connectivity index (χ1) is 15.9. The van der Waals surface area contributed by atoms with Gasteiger partial charge < -0.3 is 15.5 Å². The molecule has 6 nitrogen and oxygen atoms in total. The maximum atomic E-state index is 13.8. The number of nitrogens with zero attached hydrogens (tertiary/aromatic N) is 2. The molecule has 0 fully saturated rings. The number of nitrogens with one attached hydrogen (secondary N) is 2. The molecular formula is C26H25ClN4O2. The van der Waals surface area contributed by atoms with Gasteiger partial charge in [-0.2, -0.15) is 0 Å². The Hall–Kier alpha value is -3.64. The quantitative estimate of drug-likeness (QED) is 0.514. The molecule has 0 aliphatic heterocycles. The molecule has 0 saturated carbocycles. The van der Waals surface area contributed by atoms with Crippen LogP contribution in [0, 0.1) is 5.41 Å². The maximum Gasteiger partial charge on any atom is 0.265 e. The average molecular weight is 461 g/mol. The summed E-state index contributed by atoms with van der Waals surface area (Å²) in [4.78, 5) is 18.4. The summed E-state index contributed by atoms with van der Waals surface area (Å²) in [7, 11) is 0. The van der Waals surface area contributed by atoms with Crippen LogP contribution in [0.1, 0.15) is 20.8 Å². The number of benzene rings is 1. The van der Waals surface area contributed by atoms with Crippen LogP contribution in [-0.4, -0.2) is 27.9 Å². The van der Waals surface area contributed by atoms with Crippen molar-refractivity contribution in [3.05, 3.63) is 88.0 Å². The van der Waals surface area contributed by atoms with E-state index in [4.69, 9.17) is 21.7 Å². The SMILES string of the molecule is CCOc1ccc2cn(C3=C/C(=C/NC(C)C)C(=N)C=C3)c(=O)c(-c3ccc(Cl)cc3)c2n1. The molecule has 168 valence electrons. The van der Waals surface area contributed by atoms with Crippen molar-refractivity contribution in [3.8, 4) is 17.0 Å². The number of halogens is 1. The Bertz CT molecular complexity index is 1370. The lowest BCUT2D eigenvalue weighted by Gasteiger charge is -2.17. The summed E-state index contributed by atoms with van der Waals surface area (Å²) in [5.74, 6) is 0.465.